The molecule has 0 fully saturated rings. The average Bonchev–Trinajstić information content (AvgIpc) is 2.48. The first-order chi connectivity index (χ1) is 10.4. The summed E-state index contributed by atoms with van der Waals surface area (Å²) in [5.74, 6) is 0.886. The highest BCUT2D eigenvalue weighted by Gasteiger charge is 2.18. The molecule has 0 aromatic heterocycles. The van der Waals surface area contributed by atoms with Crippen molar-refractivity contribution in [2.45, 2.75) is 58.3 Å². The van der Waals surface area contributed by atoms with E-state index in [-0.39, 0.29) is 5.41 Å². The predicted octanol–water partition coefficient (Wildman–Crippen LogP) is 5.82. The molecule has 0 saturated heterocycles. The minimum Gasteiger partial charge on any atom is -0.508 e. The third-order valence-corrected chi connectivity index (χ3v) is 4.32. The van der Waals surface area contributed by atoms with Gasteiger partial charge in [0.25, 0.3) is 0 Å². The molecular formula is C21H28O. The summed E-state index contributed by atoms with van der Waals surface area (Å²) in [5, 5.41) is 10.3. The number of hydrogen-bond acceptors (Lipinski definition) is 1. The van der Waals surface area contributed by atoms with Crippen LogP contribution in [0.2, 0.25) is 0 Å². The van der Waals surface area contributed by atoms with Crippen LogP contribution in [-0.4, -0.2) is 5.11 Å². The quantitative estimate of drug-likeness (QED) is 0.737. The molecule has 0 heterocycles. The second-order valence-corrected chi connectivity index (χ2v) is 7.19. The smallest absolute Gasteiger partial charge is 0.118 e. The predicted molar refractivity (Wildman–Crippen MR) is 94.6 cm³/mol. The van der Waals surface area contributed by atoms with Gasteiger partial charge in [0.05, 0.1) is 0 Å². The van der Waals surface area contributed by atoms with Crippen molar-refractivity contribution in [1.82, 2.24) is 0 Å². The van der Waals surface area contributed by atoms with E-state index < -0.39 is 0 Å². The molecule has 0 unspecified atom stereocenters. The fourth-order valence-electron chi connectivity index (χ4n) is 2.94. The Morgan fingerprint density at radius 1 is 1.00 bits per heavy atom. The van der Waals surface area contributed by atoms with Crippen LogP contribution in [0.1, 0.15) is 63.1 Å². The first kappa shape index (κ1) is 16.6. The molecule has 1 heteroatoms. The van der Waals surface area contributed by atoms with Gasteiger partial charge in [0, 0.05) is 0 Å². The highest BCUT2D eigenvalue weighted by atomic mass is 16.3. The monoisotopic (exact) mass is 296 g/mol. The van der Waals surface area contributed by atoms with Crippen molar-refractivity contribution in [2.75, 3.05) is 0 Å². The highest BCUT2D eigenvalue weighted by Crippen LogP contribution is 2.32. The maximum Gasteiger partial charge on any atom is 0.118 e. The summed E-state index contributed by atoms with van der Waals surface area (Å²) in [6, 6.07) is 16.7. The van der Waals surface area contributed by atoms with E-state index in [2.05, 4.69) is 64.1 Å². The van der Waals surface area contributed by atoms with E-state index in [1.807, 2.05) is 12.1 Å². The zero-order chi connectivity index (χ0) is 16.2. The Bertz CT molecular complexity index is 593. The molecule has 0 aliphatic rings. The van der Waals surface area contributed by atoms with Crippen LogP contribution in [0.15, 0.2) is 48.5 Å². The van der Waals surface area contributed by atoms with Crippen molar-refractivity contribution in [3.05, 3.63) is 65.2 Å². The first-order valence-electron chi connectivity index (χ1n) is 8.29. The zero-order valence-electron chi connectivity index (χ0n) is 14.3. The summed E-state index contributed by atoms with van der Waals surface area (Å²) in [6.45, 7) is 8.86. The van der Waals surface area contributed by atoms with Gasteiger partial charge in [-0.15, -0.1) is 0 Å². The number of benzene rings is 2. The lowest BCUT2D eigenvalue weighted by Crippen LogP contribution is -2.12. The lowest BCUT2D eigenvalue weighted by Gasteiger charge is -2.22. The molecule has 22 heavy (non-hydrogen) atoms. The Kier molecular flexibility index (Phi) is 5.28. The molecule has 0 amide bonds. The Morgan fingerprint density at radius 2 is 1.68 bits per heavy atom. The van der Waals surface area contributed by atoms with Gasteiger partial charge in [0.2, 0.25) is 0 Å². The zero-order valence-corrected chi connectivity index (χ0v) is 14.3. The summed E-state index contributed by atoms with van der Waals surface area (Å²) >= 11 is 0. The van der Waals surface area contributed by atoms with Gasteiger partial charge in [-0.25, -0.2) is 0 Å². The molecule has 2 aromatic carbocycles. The SMILES string of the molecule is CCC[C@@H](Cc1cc(C(C)(C)C)ccc1O)c1ccccc1. The Morgan fingerprint density at radius 3 is 2.27 bits per heavy atom. The molecule has 0 aliphatic carbocycles. The van der Waals surface area contributed by atoms with Crippen molar-refractivity contribution in [2.24, 2.45) is 0 Å². The highest BCUT2D eigenvalue weighted by molar-refractivity contribution is 5.40. The summed E-state index contributed by atoms with van der Waals surface area (Å²) in [7, 11) is 0. The van der Waals surface area contributed by atoms with Gasteiger partial charge < -0.3 is 5.11 Å². The van der Waals surface area contributed by atoms with E-state index in [0.717, 1.165) is 24.8 Å². The normalized spacial score (nSPS) is 13.1. The van der Waals surface area contributed by atoms with E-state index in [1.54, 1.807) is 0 Å². The molecule has 2 rings (SSSR count). The van der Waals surface area contributed by atoms with Gasteiger partial charge in [0.15, 0.2) is 0 Å². The van der Waals surface area contributed by atoms with Crippen LogP contribution in [0, 0.1) is 0 Å². The van der Waals surface area contributed by atoms with E-state index in [1.165, 1.54) is 11.1 Å². The molecule has 118 valence electrons. The van der Waals surface area contributed by atoms with Crippen LogP contribution in [0.3, 0.4) is 0 Å². The van der Waals surface area contributed by atoms with Crippen molar-refractivity contribution >= 4 is 0 Å². The van der Waals surface area contributed by atoms with Gasteiger partial charge in [0.1, 0.15) is 5.75 Å². The van der Waals surface area contributed by atoms with E-state index in [9.17, 15) is 5.11 Å². The van der Waals surface area contributed by atoms with Gasteiger partial charge in [-0.1, -0.05) is 76.6 Å². The number of phenols is 1. The summed E-state index contributed by atoms with van der Waals surface area (Å²) < 4.78 is 0. The Hall–Kier alpha value is -1.76. The topological polar surface area (TPSA) is 20.2 Å². The molecule has 1 nitrogen and oxygen atoms in total. The lowest BCUT2D eigenvalue weighted by molar-refractivity contribution is 0.461. The summed E-state index contributed by atoms with van der Waals surface area (Å²) in [6.07, 6.45) is 3.19. The minimum atomic E-state index is 0.107. The summed E-state index contributed by atoms with van der Waals surface area (Å²) in [5.41, 5.74) is 3.82. The first-order valence-corrected chi connectivity index (χ1v) is 8.29. The fourth-order valence-corrected chi connectivity index (χ4v) is 2.94. The molecule has 0 bridgehead atoms. The van der Waals surface area contributed by atoms with Crippen LogP contribution in [-0.2, 0) is 11.8 Å². The number of hydrogen-bond donors (Lipinski definition) is 1. The number of rotatable bonds is 5. The lowest BCUT2D eigenvalue weighted by atomic mass is 9.83. The molecule has 1 N–H and O–H groups in total. The molecule has 2 aromatic rings. The van der Waals surface area contributed by atoms with Crippen LogP contribution >= 0.6 is 0 Å². The van der Waals surface area contributed by atoms with Crippen molar-refractivity contribution in [3.63, 3.8) is 0 Å². The Labute approximate surface area is 135 Å². The number of phenolic OH excluding ortho intramolecular Hbond substituents is 1. The molecule has 0 saturated carbocycles. The molecular weight excluding hydrogens is 268 g/mol. The van der Waals surface area contributed by atoms with Crippen LogP contribution in [0.5, 0.6) is 5.75 Å². The van der Waals surface area contributed by atoms with Crippen LogP contribution < -0.4 is 0 Å². The third-order valence-electron chi connectivity index (χ3n) is 4.32. The van der Waals surface area contributed by atoms with Crippen LogP contribution in [0.4, 0.5) is 0 Å². The second kappa shape index (κ2) is 7.00. The maximum atomic E-state index is 10.3. The van der Waals surface area contributed by atoms with Gasteiger partial charge in [-0.3, -0.25) is 0 Å². The van der Waals surface area contributed by atoms with Gasteiger partial charge >= 0.3 is 0 Å². The fraction of sp³-hybridized carbons (Fsp3) is 0.429. The van der Waals surface area contributed by atoms with E-state index in [4.69, 9.17) is 0 Å². The minimum absolute atomic E-state index is 0.107. The van der Waals surface area contributed by atoms with Gasteiger partial charge in [-0.2, -0.15) is 0 Å². The number of aromatic hydroxyl groups is 1. The third kappa shape index (κ3) is 4.13. The molecule has 0 radical (unpaired) electrons. The van der Waals surface area contributed by atoms with Gasteiger partial charge in [-0.05, 0) is 46.9 Å². The molecule has 1 atom stereocenters. The summed E-state index contributed by atoms with van der Waals surface area (Å²) in [4.78, 5) is 0. The largest absolute Gasteiger partial charge is 0.508 e. The van der Waals surface area contributed by atoms with E-state index >= 15 is 0 Å². The van der Waals surface area contributed by atoms with Crippen molar-refractivity contribution in [1.29, 1.82) is 0 Å². The average molecular weight is 296 g/mol. The van der Waals surface area contributed by atoms with Crippen molar-refractivity contribution in [3.8, 4) is 5.75 Å². The molecule has 0 aliphatic heterocycles. The Balaban J connectivity index is 2.30. The second-order valence-electron chi connectivity index (χ2n) is 7.19. The maximum absolute atomic E-state index is 10.3. The standard InChI is InChI=1S/C21H28O/c1-5-9-17(16-10-7-6-8-11-16)14-18-15-19(21(2,3)4)12-13-20(18)22/h6-8,10-13,15,17,22H,5,9,14H2,1-4H3/t17-/m0/s1. The van der Waals surface area contributed by atoms with Crippen molar-refractivity contribution < 1.29 is 5.11 Å². The van der Waals surface area contributed by atoms with Crippen LogP contribution in [0.25, 0.3) is 0 Å². The van der Waals surface area contributed by atoms with E-state index in [0.29, 0.717) is 11.7 Å². The molecule has 0 spiro atoms.